The fraction of sp³-hybridized carbons (Fsp3) is 0.300. The molecule has 0 heterocycles. The van der Waals surface area contributed by atoms with Gasteiger partial charge in [-0.3, -0.25) is 9.59 Å². The number of anilines is 1. The van der Waals surface area contributed by atoms with E-state index in [4.69, 9.17) is 0 Å². The van der Waals surface area contributed by atoms with E-state index in [-0.39, 0.29) is 11.6 Å². The Morgan fingerprint density at radius 1 is 1.04 bits per heavy atom. The van der Waals surface area contributed by atoms with Crippen LogP contribution < -0.4 is 5.32 Å². The van der Waals surface area contributed by atoms with Crippen molar-refractivity contribution in [2.45, 2.75) is 27.3 Å². The highest BCUT2D eigenvalue weighted by Crippen LogP contribution is 2.24. The summed E-state index contributed by atoms with van der Waals surface area (Å²) in [4.78, 5) is 27.0. The molecule has 0 aliphatic rings. The number of benzene rings is 2. The Balaban J connectivity index is 2.13. The van der Waals surface area contributed by atoms with Crippen LogP contribution in [-0.4, -0.2) is 23.3 Å². The molecule has 0 atom stereocenters. The number of amides is 2. The highest BCUT2D eigenvalue weighted by Gasteiger charge is 2.39. The average Bonchev–Trinajstić information content (AvgIpc) is 2.63. The summed E-state index contributed by atoms with van der Waals surface area (Å²) in [6.07, 6.45) is 0. The Morgan fingerprint density at radius 3 is 2.27 bits per heavy atom. The van der Waals surface area contributed by atoms with Crippen molar-refractivity contribution < 1.29 is 18.4 Å². The van der Waals surface area contributed by atoms with Gasteiger partial charge in [-0.25, -0.2) is 8.78 Å². The first-order valence-electron chi connectivity index (χ1n) is 8.35. The second kappa shape index (κ2) is 8.08. The standard InChI is InChI=1S/C20H22F2N2O2/c1-4-24(13-14-8-6-5-7-9-14)19(26)20(2,3)18(25)23-15-10-11-16(21)17(22)12-15/h5-12H,4,13H2,1-3H3,(H,23,25). The molecule has 6 heteroatoms. The first-order chi connectivity index (χ1) is 12.3. The lowest BCUT2D eigenvalue weighted by molar-refractivity contribution is -0.146. The molecule has 26 heavy (non-hydrogen) atoms. The monoisotopic (exact) mass is 360 g/mol. The molecule has 0 fully saturated rings. The van der Waals surface area contributed by atoms with Gasteiger partial charge in [0.1, 0.15) is 5.41 Å². The minimum Gasteiger partial charge on any atom is -0.338 e. The minimum absolute atomic E-state index is 0.0980. The molecule has 0 saturated carbocycles. The first kappa shape index (κ1) is 19.6. The van der Waals surface area contributed by atoms with Crippen molar-refractivity contribution in [3.05, 3.63) is 65.7 Å². The van der Waals surface area contributed by atoms with E-state index in [0.29, 0.717) is 13.1 Å². The second-order valence-electron chi connectivity index (χ2n) is 6.51. The van der Waals surface area contributed by atoms with Crippen molar-refractivity contribution in [2.75, 3.05) is 11.9 Å². The number of rotatable bonds is 6. The van der Waals surface area contributed by atoms with Gasteiger partial charge in [-0.2, -0.15) is 0 Å². The topological polar surface area (TPSA) is 49.4 Å². The van der Waals surface area contributed by atoms with Gasteiger partial charge >= 0.3 is 0 Å². The zero-order chi connectivity index (χ0) is 19.3. The predicted octanol–water partition coefficient (Wildman–Crippen LogP) is 3.98. The molecule has 0 spiro atoms. The zero-order valence-electron chi connectivity index (χ0n) is 15.1. The van der Waals surface area contributed by atoms with Gasteiger partial charge in [0.25, 0.3) is 0 Å². The fourth-order valence-electron chi connectivity index (χ4n) is 2.48. The molecule has 2 rings (SSSR count). The van der Waals surface area contributed by atoms with Crippen molar-refractivity contribution in [3.63, 3.8) is 0 Å². The summed E-state index contributed by atoms with van der Waals surface area (Å²) in [6.45, 7) is 5.69. The fourth-order valence-corrected chi connectivity index (χ4v) is 2.48. The van der Waals surface area contributed by atoms with Gasteiger partial charge in [-0.15, -0.1) is 0 Å². The van der Waals surface area contributed by atoms with Gasteiger partial charge in [0, 0.05) is 24.8 Å². The van der Waals surface area contributed by atoms with Gasteiger partial charge in [-0.05, 0) is 38.5 Å². The van der Waals surface area contributed by atoms with Crippen LogP contribution in [0.4, 0.5) is 14.5 Å². The van der Waals surface area contributed by atoms with Crippen molar-refractivity contribution in [2.24, 2.45) is 5.41 Å². The maximum atomic E-state index is 13.3. The van der Waals surface area contributed by atoms with Crippen molar-refractivity contribution in [1.82, 2.24) is 4.90 Å². The number of halogens is 2. The van der Waals surface area contributed by atoms with E-state index in [1.165, 1.54) is 19.9 Å². The summed E-state index contributed by atoms with van der Waals surface area (Å²) in [5, 5.41) is 2.48. The van der Waals surface area contributed by atoms with Crippen LogP contribution in [0.25, 0.3) is 0 Å². The third-order valence-electron chi connectivity index (χ3n) is 4.16. The maximum Gasteiger partial charge on any atom is 0.239 e. The number of carbonyl (C=O) groups is 2. The van der Waals surface area contributed by atoms with Crippen LogP contribution in [0.15, 0.2) is 48.5 Å². The van der Waals surface area contributed by atoms with Crippen molar-refractivity contribution in [1.29, 1.82) is 0 Å². The van der Waals surface area contributed by atoms with Crippen molar-refractivity contribution in [3.8, 4) is 0 Å². The molecule has 1 N–H and O–H groups in total. The number of nitrogens with one attached hydrogen (secondary N) is 1. The summed E-state index contributed by atoms with van der Waals surface area (Å²) in [5.74, 6) is -2.99. The van der Waals surface area contributed by atoms with Crippen LogP contribution in [0.3, 0.4) is 0 Å². The molecule has 4 nitrogen and oxygen atoms in total. The van der Waals surface area contributed by atoms with Gasteiger partial charge in [0.05, 0.1) is 0 Å². The summed E-state index contributed by atoms with van der Waals surface area (Å²) in [5.41, 5.74) is -0.310. The molecule has 0 aliphatic carbocycles. The molecule has 0 bridgehead atoms. The number of nitrogens with zero attached hydrogens (tertiary/aromatic N) is 1. The molecular weight excluding hydrogens is 338 g/mol. The Kier molecular flexibility index (Phi) is 6.08. The molecule has 0 radical (unpaired) electrons. The van der Waals surface area contributed by atoms with Gasteiger partial charge in [0.15, 0.2) is 11.6 Å². The summed E-state index contributed by atoms with van der Waals surface area (Å²) < 4.78 is 26.3. The van der Waals surface area contributed by atoms with Gasteiger partial charge in [-0.1, -0.05) is 30.3 Å². The van der Waals surface area contributed by atoms with Crippen LogP contribution in [0, 0.1) is 17.0 Å². The first-order valence-corrected chi connectivity index (χ1v) is 8.35. The third-order valence-corrected chi connectivity index (χ3v) is 4.16. The maximum absolute atomic E-state index is 13.3. The average molecular weight is 360 g/mol. The Hall–Kier alpha value is -2.76. The predicted molar refractivity (Wildman–Crippen MR) is 96.3 cm³/mol. The normalized spacial score (nSPS) is 11.1. The van der Waals surface area contributed by atoms with Crippen LogP contribution in [-0.2, 0) is 16.1 Å². The molecule has 2 amide bonds. The Morgan fingerprint density at radius 2 is 1.69 bits per heavy atom. The summed E-state index contributed by atoms with van der Waals surface area (Å²) >= 11 is 0. The lowest BCUT2D eigenvalue weighted by Crippen LogP contribution is -2.47. The summed E-state index contributed by atoms with van der Waals surface area (Å²) in [6, 6.07) is 12.5. The molecule has 138 valence electrons. The molecular formula is C20H22F2N2O2. The Labute approximate surface area is 151 Å². The third kappa shape index (κ3) is 4.45. The van der Waals surface area contributed by atoms with Crippen LogP contribution in [0.5, 0.6) is 0 Å². The van der Waals surface area contributed by atoms with E-state index in [1.54, 1.807) is 4.90 Å². The van der Waals surface area contributed by atoms with Crippen molar-refractivity contribution >= 4 is 17.5 Å². The van der Waals surface area contributed by atoms with E-state index in [0.717, 1.165) is 17.7 Å². The SMILES string of the molecule is CCN(Cc1ccccc1)C(=O)C(C)(C)C(=O)Nc1ccc(F)c(F)c1. The van der Waals surface area contributed by atoms with Crippen LogP contribution in [0.1, 0.15) is 26.3 Å². The van der Waals surface area contributed by atoms with Gasteiger partial charge in [0.2, 0.25) is 11.8 Å². The molecule has 0 aliphatic heterocycles. The number of hydrogen-bond donors (Lipinski definition) is 1. The highest BCUT2D eigenvalue weighted by molar-refractivity contribution is 6.09. The smallest absolute Gasteiger partial charge is 0.239 e. The number of carbonyl (C=O) groups excluding carboxylic acids is 2. The lowest BCUT2D eigenvalue weighted by Gasteiger charge is -2.30. The van der Waals surface area contributed by atoms with Crippen LogP contribution in [0.2, 0.25) is 0 Å². The second-order valence-corrected chi connectivity index (χ2v) is 6.51. The molecule has 0 aromatic heterocycles. The molecule has 2 aromatic carbocycles. The lowest BCUT2D eigenvalue weighted by atomic mass is 9.90. The molecule has 0 unspecified atom stereocenters. The van der Waals surface area contributed by atoms with Gasteiger partial charge < -0.3 is 10.2 Å². The minimum atomic E-state index is -1.37. The van der Waals surface area contributed by atoms with E-state index in [2.05, 4.69) is 5.32 Å². The largest absolute Gasteiger partial charge is 0.338 e. The quantitative estimate of drug-likeness (QED) is 0.792. The Bertz CT molecular complexity index is 792. The molecule has 2 aromatic rings. The number of hydrogen-bond acceptors (Lipinski definition) is 2. The van der Waals surface area contributed by atoms with E-state index >= 15 is 0 Å². The van der Waals surface area contributed by atoms with Crippen LogP contribution >= 0.6 is 0 Å². The molecule has 0 saturated heterocycles. The van der Waals surface area contributed by atoms with E-state index in [1.807, 2.05) is 37.3 Å². The van der Waals surface area contributed by atoms with E-state index in [9.17, 15) is 18.4 Å². The zero-order valence-corrected chi connectivity index (χ0v) is 15.1. The summed E-state index contributed by atoms with van der Waals surface area (Å²) in [7, 11) is 0. The van der Waals surface area contributed by atoms with E-state index < -0.39 is 23.0 Å². The highest BCUT2D eigenvalue weighted by atomic mass is 19.2.